The number of H-pyrrole nitrogens is 1. The van der Waals surface area contributed by atoms with E-state index in [1.807, 2.05) is 0 Å². The topological polar surface area (TPSA) is 92.2 Å². The maximum absolute atomic E-state index is 12.0. The van der Waals surface area contributed by atoms with E-state index in [-0.39, 0.29) is 0 Å². The fourth-order valence-electron chi connectivity index (χ4n) is 1.71. The van der Waals surface area contributed by atoms with Crippen molar-refractivity contribution in [3.05, 3.63) is 61.4 Å². The molecule has 0 bridgehead atoms. The van der Waals surface area contributed by atoms with E-state index in [2.05, 4.69) is 4.98 Å². The lowest BCUT2D eigenvalue weighted by molar-refractivity contribution is 0.0694. The number of halogens is 1. The van der Waals surface area contributed by atoms with Gasteiger partial charge in [-0.3, -0.25) is 4.79 Å². The number of carbonyl (C=O) groups is 1. The Morgan fingerprint density at radius 3 is 2.63 bits per heavy atom. The monoisotopic (exact) mass is 280 g/mol. The Morgan fingerprint density at radius 1 is 1.37 bits per heavy atom. The molecule has 0 unspecified atom stereocenters. The van der Waals surface area contributed by atoms with E-state index >= 15 is 0 Å². The molecule has 0 radical (unpaired) electrons. The highest BCUT2D eigenvalue weighted by Crippen LogP contribution is 2.16. The Balaban J connectivity index is 2.82. The summed E-state index contributed by atoms with van der Waals surface area (Å²) in [5, 5.41) is 9.34. The summed E-state index contributed by atoms with van der Waals surface area (Å²) in [6.45, 7) is 1.67. The van der Waals surface area contributed by atoms with Crippen LogP contribution in [0.4, 0.5) is 0 Å². The molecule has 2 aromatic rings. The molecular weight excluding hydrogens is 272 g/mol. The van der Waals surface area contributed by atoms with Crippen LogP contribution in [0.15, 0.2) is 34.0 Å². The van der Waals surface area contributed by atoms with E-state index in [4.69, 9.17) is 16.7 Å². The van der Waals surface area contributed by atoms with Gasteiger partial charge in [-0.1, -0.05) is 11.6 Å². The van der Waals surface area contributed by atoms with Crippen molar-refractivity contribution >= 4 is 17.6 Å². The number of aromatic amines is 1. The Morgan fingerprint density at radius 2 is 2.05 bits per heavy atom. The Labute approximate surface area is 111 Å². The molecule has 6 nitrogen and oxygen atoms in total. The van der Waals surface area contributed by atoms with Gasteiger partial charge in [-0.15, -0.1) is 0 Å². The maximum Gasteiger partial charge on any atom is 0.342 e. The first-order valence-electron chi connectivity index (χ1n) is 5.26. The molecule has 19 heavy (non-hydrogen) atoms. The Bertz CT molecular complexity index is 776. The lowest BCUT2D eigenvalue weighted by atomic mass is 10.2. The fraction of sp³-hybridized carbons (Fsp3) is 0.0833. The van der Waals surface area contributed by atoms with Gasteiger partial charge in [0.05, 0.1) is 5.69 Å². The van der Waals surface area contributed by atoms with Crippen LogP contribution in [-0.4, -0.2) is 20.6 Å². The number of hydrogen-bond donors (Lipinski definition) is 2. The maximum atomic E-state index is 12.0. The van der Waals surface area contributed by atoms with Crippen molar-refractivity contribution in [2.45, 2.75) is 6.92 Å². The van der Waals surface area contributed by atoms with Gasteiger partial charge < -0.3 is 10.1 Å². The van der Waals surface area contributed by atoms with Crippen molar-refractivity contribution in [3.63, 3.8) is 0 Å². The SMILES string of the molecule is Cc1cc(Cl)ccc1-n1c(=O)[nH]cc(C(=O)O)c1=O. The van der Waals surface area contributed by atoms with E-state index in [0.717, 1.165) is 10.8 Å². The fourth-order valence-corrected chi connectivity index (χ4v) is 1.94. The summed E-state index contributed by atoms with van der Waals surface area (Å²) in [5.41, 5.74) is -1.22. The first-order chi connectivity index (χ1) is 8.91. The highest BCUT2D eigenvalue weighted by atomic mass is 35.5. The van der Waals surface area contributed by atoms with Gasteiger partial charge in [-0.25, -0.2) is 14.2 Å². The number of hydrogen-bond acceptors (Lipinski definition) is 3. The average Bonchev–Trinajstić information content (AvgIpc) is 2.31. The van der Waals surface area contributed by atoms with Crippen LogP contribution in [0.1, 0.15) is 15.9 Å². The van der Waals surface area contributed by atoms with Crippen molar-refractivity contribution < 1.29 is 9.90 Å². The zero-order chi connectivity index (χ0) is 14.2. The van der Waals surface area contributed by atoms with E-state index in [1.165, 1.54) is 12.1 Å². The van der Waals surface area contributed by atoms with Gasteiger partial charge in [-0.05, 0) is 30.7 Å². The summed E-state index contributed by atoms with van der Waals surface area (Å²) in [6, 6.07) is 4.58. The van der Waals surface area contributed by atoms with E-state index < -0.39 is 22.8 Å². The van der Waals surface area contributed by atoms with Crippen LogP contribution in [0.3, 0.4) is 0 Å². The van der Waals surface area contributed by atoms with Crippen LogP contribution < -0.4 is 11.2 Å². The zero-order valence-electron chi connectivity index (χ0n) is 9.81. The van der Waals surface area contributed by atoms with Crippen molar-refractivity contribution in [1.29, 1.82) is 0 Å². The summed E-state index contributed by atoms with van der Waals surface area (Å²) in [6.07, 6.45) is 0.884. The first-order valence-corrected chi connectivity index (χ1v) is 5.64. The molecule has 0 fully saturated rings. The number of rotatable bonds is 2. The molecule has 1 aromatic carbocycles. The standard InChI is InChI=1S/C12H9ClN2O4/c1-6-4-7(13)2-3-9(6)15-10(16)8(11(17)18)5-14-12(15)19/h2-5H,1H3,(H,14,19)(H,17,18). The van der Waals surface area contributed by atoms with Gasteiger partial charge in [0.2, 0.25) is 0 Å². The molecule has 1 heterocycles. The molecule has 0 aliphatic rings. The van der Waals surface area contributed by atoms with E-state index in [9.17, 15) is 14.4 Å². The second kappa shape index (κ2) is 4.74. The average molecular weight is 281 g/mol. The number of aryl methyl sites for hydroxylation is 1. The number of aromatic carboxylic acids is 1. The summed E-state index contributed by atoms with van der Waals surface area (Å²) in [5.74, 6) is -1.40. The van der Waals surface area contributed by atoms with Crippen LogP contribution in [0.2, 0.25) is 5.02 Å². The smallest absolute Gasteiger partial charge is 0.342 e. The summed E-state index contributed by atoms with van der Waals surface area (Å²) >= 11 is 5.80. The van der Waals surface area contributed by atoms with Crippen molar-refractivity contribution in [2.75, 3.05) is 0 Å². The first kappa shape index (κ1) is 13.1. The molecule has 0 aliphatic carbocycles. The molecule has 0 saturated carbocycles. The summed E-state index contributed by atoms with van der Waals surface area (Å²) in [7, 11) is 0. The Kier molecular flexibility index (Phi) is 3.26. The molecule has 0 aliphatic heterocycles. The van der Waals surface area contributed by atoms with Crippen LogP contribution in [0.25, 0.3) is 5.69 Å². The minimum Gasteiger partial charge on any atom is -0.477 e. The second-order valence-corrected chi connectivity index (χ2v) is 4.32. The molecule has 0 atom stereocenters. The van der Waals surface area contributed by atoms with Crippen molar-refractivity contribution in [3.8, 4) is 5.69 Å². The molecule has 0 saturated heterocycles. The molecule has 1 aromatic heterocycles. The van der Waals surface area contributed by atoms with Gasteiger partial charge in [0.15, 0.2) is 0 Å². The normalized spacial score (nSPS) is 10.4. The minimum absolute atomic E-state index is 0.291. The molecule has 2 N–H and O–H groups in total. The van der Waals surface area contributed by atoms with Gasteiger partial charge in [0.25, 0.3) is 5.56 Å². The number of nitrogens with zero attached hydrogens (tertiary/aromatic N) is 1. The van der Waals surface area contributed by atoms with Gasteiger partial charge in [0.1, 0.15) is 5.56 Å². The van der Waals surface area contributed by atoms with Gasteiger partial charge >= 0.3 is 11.7 Å². The second-order valence-electron chi connectivity index (χ2n) is 3.88. The molecule has 2 rings (SSSR count). The third-order valence-corrected chi connectivity index (χ3v) is 2.84. The number of carboxylic acids is 1. The molecule has 98 valence electrons. The zero-order valence-corrected chi connectivity index (χ0v) is 10.6. The minimum atomic E-state index is -1.40. The number of benzene rings is 1. The molecule has 0 spiro atoms. The number of carboxylic acid groups (broad SMARTS) is 1. The van der Waals surface area contributed by atoms with Crippen LogP contribution in [0, 0.1) is 6.92 Å². The highest BCUT2D eigenvalue weighted by molar-refractivity contribution is 6.30. The lowest BCUT2D eigenvalue weighted by Crippen LogP contribution is -2.37. The summed E-state index contributed by atoms with van der Waals surface area (Å²) < 4.78 is 0.773. The van der Waals surface area contributed by atoms with Crippen LogP contribution in [-0.2, 0) is 0 Å². The molecule has 7 heteroatoms. The Hall–Kier alpha value is -2.34. The predicted octanol–water partition coefficient (Wildman–Crippen LogP) is 1.19. The van der Waals surface area contributed by atoms with Crippen molar-refractivity contribution in [1.82, 2.24) is 9.55 Å². The third kappa shape index (κ3) is 2.30. The van der Waals surface area contributed by atoms with Crippen LogP contribution >= 0.6 is 11.6 Å². The van der Waals surface area contributed by atoms with Crippen molar-refractivity contribution in [2.24, 2.45) is 0 Å². The molecular formula is C12H9ClN2O4. The van der Waals surface area contributed by atoms with E-state index in [0.29, 0.717) is 16.3 Å². The van der Waals surface area contributed by atoms with Crippen LogP contribution in [0.5, 0.6) is 0 Å². The number of nitrogens with one attached hydrogen (secondary N) is 1. The quantitative estimate of drug-likeness (QED) is 0.864. The number of aromatic nitrogens is 2. The third-order valence-electron chi connectivity index (χ3n) is 2.61. The summed E-state index contributed by atoms with van der Waals surface area (Å²) in [4.78, 5) is 36.9. The molecule has 0 amide bonds. The van der Waals surface area contributed by atoms with Gasteiger partial charge in [-0.2, -0.15) is 0 Å². The largest absolute Gasteiger partial charge is 0.477 e. The lowest BCUT2D eigenvalue weighted by Gasteiger charge is -2.08. The van der Waals surface area contributed by atoms with Gasteiger partial charge in [0, 0.05) is 11.2 Å². The van der Waals surface area contributed by atoms with E-state index in [1.54, 1.807) is 13.0 Å². The highest BCUT2D eigenvalue weighted by Gasteiger charge is 2.15. The predicted molar refractivity (Wildman–Crippen MR) is 69.4 cm³/mol.